The molecule has 2 nitrogen and oxygen atoms in total. The smallest absolute Gasteiger partial charge is 0.132 e. The molecule has 1 aromatic heterocycles. The van der Waals surface area contributed by atoms with Crippen LogP contribution in [0.4, 0.5) is 0 Å². The van der Waals surface area contributed by atoms with Crippen molar-refractivity contribution in [2.75, 3.05) is 0 Å². The molecule has 0 spiro atoms. The molecule has 0 atom stereocenters. The van der Waals surface area contributed by atoms with Gasteiger partial charge in [0.1, 0.15) is 10.4 Å². The summed E-state index contributed by atoms with van der Waals surface area (Å²) in [4.78, 5) is 4.43. The molecular formula is C14H17BrN2. The minimum absolute atomic E-state index is 0.917. The minimum atomic E-state index is 0.917. The molecule has 0 aliphatic heterocycles. The number of benzene rings is 1. The summed E-state index contributed by atoms with van der Waals surface area (Å²) in [7, 11) is 2.04. The molecular weight excluding hydrogens is 276 g/mol. The van der Waals surface area contributed by atoms with Crippen LogP contribution in [0.5, 0.6) is 0 Å². The van der Waals surface area contributed by atoms with Crippen LogP contribution in [0.3, 0.4) is 0 Å². The van der Waals surface area contributed by atoms with Gasteiger partial charge in [0.05, 0.1) is 5.69 Å². The zero-order valence-corrected chi connectivity index (χ0v) is 12.1. The maximum Gasteiger partial charge on any atom is 0.132 e. The molecule has 0 N–H and O–H groups in total. The predicted octanol–water partition coefficient (Wildman–Crippen LogP) is 4.11. The summed E-state index contributed by atoms with van der Waals surface area (Å²) in [6.07, 6.45) is 2.33. The molecule has 0 saturated heterocycles. The molecule has 0 aliphatic rings. The standard InChI is InChI=1S/C14H17BrN2/c1-4-5-11-6-8-12(9-7-11)13-14(15)16-10(2)17(13)3/h6-9H,4-5H2,1-3H3. The van der Waals surface area contributed by atoms with Crippen molar-refractivity contribution in [2.45, 2.75) is 26.7 Å². The number of hydrogen-bond donors (Lipinski definition) is 0. The molecule has 90 valence electrons. The Bertz CT molecular complexity index is 512. The molecule has 2 aromatic rings. The number of aryl methyl sites for hydroxylation is 2. The van der Waals surface area contributed by atoms with Crippen LogP contribution in [0.15, 0.2) is 28.9 Å². The van der Waals surface area contributed by atoms with Gasteiger partial charge in [-0.1, -0.05) is 37.6 Å². The Balaban J connectivity index is 2.39. The molecule has 1 heterocycles. The fourth-order valence-electron chi connectivity index (χ4n) is 2.00. The maximum absolute atomic E-state index is 4.43. The monoisotopic (exact) mass is 292 g/mol. The summed E-state index contributed by atoms with van der Waals surface area (Å²) >= 11 is 3.52. The van der Waals surface area contributed by atoms with Gasteiger partial charge < -0.3 is 4.57 Å². The van der Waals surface area contributed by atoms with Gasteiger partial charge in [0, 0.05) is 12.6 Å². The number of rotatable bonds is 3. The van der Waals surface area contributed by atoms with Gasteiger partial charge >= 0.3 is 0 Å². The lowest BCUT2D eigenvalue weighted by Crippen LogP contribution is -1.94. The number of nitrogens with zero attached hydrogens (tertiary/aromatic N) is 2. The van der Waals surface area contributed by atoms with Crippen molar-refractivity contribution < 1.29 is 0 Å². The van der Waals surface area contributed by atoms with Crippen LogP contribution in [0.25, 0.3) is 11.3 Å². The number of aromatic nitrogens is 2. The Labute approximate surface area is 111 Å². The Hall–Kier alpha value is -1.09. The largest absolute Gasteiger partial charge is 0.330 e. The summed E-state index contributed by atoms with van der Waals surface area (Å²) in [6.45, 7) is 4.22. The first-order chi connectivity index (χ1) is 8.13. The van der Waals surface area contributed by atoms with E-state index in [1.807, 2.05) is 14.0 Å². The van der Waals surface area contributed by atoms with Crippen molar-refractivity contribution >= 4 is 15.9 Å². The van der Waals surface area contributed by atoms with E-state index < -0.39 is 0 Å². The SMILES string of the molecule is CCCc1ccc(-c2c(Br)nc(C)n2C)cc1. The Morgan fingerprint density at radius 1 is 1.24 bits per heavy atom. The van der Waals surface area contributed by atoms with Gasteiger partial charge in [-0.05, 0) is 34.8 Å². The van der Waals surface area contributed by atoms with E-state index in [2.05, 4.69) is 56.7 Å². The van der Waals surface area contributed by atoms with E-state index >= 15 is 0 Å². The van der Waals surface area contributed by atoms with Crippen LogP contribution in [0.2, 0.25) is 0 Å². The molecule has 0 aliphatic carbocycles. The highest BCUT2D eigenvalue weighted by atomic mass is 79.9. The van der Waals surface area contributed by atoms with E-state index in [1.165, 1.54) is 17.5 Å². The zero-order chi connectivity index (χ0) is 12.4. The molecule has 3 heteroatoms. The second-order valence-corrected chi connectivity index (χ2v) is 5.06. The van der Waals surface area contributed by atoms with E-state index in [-0.39, 0.29) is 0 Å². The Morgan fingerprint density at radius 3 is 2.35 bits per heavy atom. The first-order valence-electron chi connectivity index (χ1n) is 5.91. The van der Waals surface area contributed by atoms with Crippen molar-refractivity contribution in [3.05, 3.63) is 40.3 Å². The fourth-order valence-corrected chi connectivity index (χ4v) is 2.75. The third-order valence-electron chi connectivity index (χ3n) is 3.04. The molecule has 1 aromatic carbocycles. The van der Waals surface area contributed by atoms with Gasteiger partial charge in [0.25, 0.3) is 0 Å². The highest BCUT2D eigenvalue weighted by Crippen LogP contribution is 2.28. The van der Waals surface area contributed by atoms with Crippen molar-refractivity contribution in [1.82, 2.24) is 9.55 Å². The van der Waals surface area contributed by atoms with Crippen LogP contribution in [0, 0.1) is 6.92 Å². The lowest BCUT2D eigenvalue weighted by atomic mass is 10.1. The van der Waals surface area contributed by atoms with Gasteiger partial charge in [-0.15, -0.1) is 0 Å². The molecule has 0 fully saturated rings. The third-order valence-corrected chi connectivity index (χ3v) is 3.60. The van der Waals surface area contributed by atoms with Crippen LogP contribution in [-0.4, -0.2) is 9.55 Å². The van der Waals surface area contributed by atoms with Crippen LogP contribution in [0.1, 0.15) is 24.7 Å². The van der Waals surface area contributed by atoms with E-state index in [9.17, 15) is 0 Å². The molecule has 0 unspecified atom stereocenters. The van der Waals surface area contributed by atoms with E-state index in [0.717, 1.165) is 22.5 Å². The molecule has 17 heavy (non-hydrogen) atoms. The Morgan fingerprint density at radius 2 is 1.88 bits per heavy atom. The average Bonchev–Trinajstić information content (AvgIpc) is 2.55. The number of hydrogen-bond acceptors (Lipinski definition) is 1. The van der Waals surface area contributed by atoms with Crippen LogP contribution < -0.4 is 0 Å². The minimum Gasteiger partial charge on any atom is -0.330 e. The van der Waals surface area contributed by atoms with E-state index in [1.54, 1.807) is 0 Å². The first kappa shape index (κ1) is 12.4. The van der Waals surface area contributed by atoms with Crippen LogP contribution >= 0.6 is 15.9 Å². The van der Waals surface area contributed by atoms with Gasteiger partial charge in [-0.25, -0.2) is 4.98 Å². The normalized spacial score (nSPS) is 10.8. The third kappa shape index (κ3) is 2.44. The van der Waals surface area contributed by atoms with Crippen molar-refractivity contribution in [2.24, 2.45) is 7.05 Å². The lowest BCUT2D eigenvalue weighted by molar-refractivity contribution is 0.864. The van der Waals surface area contributed by atoms with Gasteiger partial charge in [0.15, 0.2) is 0 Å². The second-order valence-electron chi connectivity index (χ2n) is 4.30. The summed E-state index contributed by atoms with van der Waals surface area (Å²) < 4.78 is 3.03. The average molecular weight is 293 g/mol. The molecule has 0 amide bonds. The summed E-state index contributed by atoms with van der Waals surface area (Å²) in [5.74, 6) is 1.02. The van der Waals surface area contributed by atoms with Crippen molar-refractivity contribution in [3.8, 4) is 11.3 Å². The van der Waals surface area contributed by atoms with Crippen molar-refractivity contribution in [3.63, 3.8) is 0 Å². The van der Waals surface area contributed by atoms with Crippen molar-refractivity contribution in [1.29, 1.82) is 0 Å². The molecule has 0 saturated carbocycles. The van der Waals surface area contributed by atoms with Crippen LogP contribution in [-0.2, 0) is 13.5 Å². The summed E-state index contributed by atoms with van der Waals surface area (Å²) in [6, 6.07) is 8.75. The zero-order valence-electron chi connectivity index (χ0n) is 10.5. The van der Waals surface area contributed by atoms with E-state index in [0.29, 0.717) is 0 Å². The number of halogens is 1. The lowest BCUT2D eigenvalue weighted by Gasteiger charge is -2.06. The second kappa shape index (κ2) is 5.05. The fraction of sp³-hybridized carbons (Fsp3) is 0.357. The number of imidazole rings is 1. The predicted molar refractivity (Wildman–Crippen MR) is 75.1 cm³/mol. The quantitative estimate of drug-likeness (QED) is 0.832. The molecule has 0 bridgehead atoms. The first-order valence-corrected chi connectivity index (χ1v) is 6.71. The van der Waals surface area contributed by atoms with Gasteiger partial charge in [-0.2, -0.15) is 0 Å². The summed E-state index contributed by atoms with van der Waals surface area (Å²) in [5.41, 5.74) is 3.75. The molecule has 0 radical (unpaired) electrons. The highest BCUT2D eigenvalue weighted by Gasteiger charge is 2.11. The maximum atomic E-state index is 4.43. The Kier molecular flexibility index (Phi) is 3.67. The van der Waals surface area contributed by atoms with Gasteiger partial charge in [0.2, 0.25) is 0 Å². The highest BCUT2D eigenvalue weighted by molar-refractivity contribution is 9.10. The molecule has 2 rings (SSSR count). The van der Waals surface area contributed by atoms with Gasteiger partial charge in [-0.3, -0.25) is 0 Å². The topological polar surface area (TPSA) is 17.8 Å². The summed E-state index contributed by atoms with van der Waals surface area (Å²) in [5, 5.41) is 0. The van der Waals surface area contributed by atoms with E-state index in [4.69, 9.17) is 0 Å².